The van der Waals surface area contributed by atoms with E-state index in [4.69, 9.17) is 0 Å². The van der Waals surface area contributed by atoms with Gasteiger partial charge in [-0.05, 0) is 12.8 Å². The average molecular weight is 263 g/mol. The van der Waals surface area contributed by atoms with E-state index in [1.165, 1.54) is 6.92 Å². The summed E-state index contributed by atoms with van der Waals surface area (Å²) in [5, 5.41) is 6.83. The first-order valence-corrected chi connectivity index (χ1v) is 6.59. The molecular formula is C13H19N4O2. The highest BCUT2D eigenvalue weighted by Gasteiger charge is 2.23. The first kappa shape index (κ1) is 13.6. The van der Waals surface area contributed by atoms with Crippen LogP contribution in [0.2, 0.25) is 0 Å². The number of amides is 2. The third-order valence-electron chi connectivity index (χ3n) is 3.38. The number of carbonyl (C=O) groups excluding carboxylic acids is 2. The van der Waals surface area contributed by atoms with Crippen molar-refractivity contribution in [3.63, 3.8) is 0 Å². The molecule has 1 N–H and O–H groups in total. The van der Waals surface area contributed by atoms with Crippen LogP contribution >= 0.6 is 0 Å². The highest BCUT2D eigenvalue weighted by molar-refractivity contribution is 5.78. The van der Waals surface area contributed by atoms with Crippen LogP contribution in [-0.4, -0.2) is 46.1 Å². The Morgan fingerprint density at radius 3 is 2.74 bits per heavy atom. The van der Waals surface area contributed by atoms with Crippen molar-refractivity contribution in [2.45, 2.75) is 32.2 Å². The third-order valence-corrected chi connectivity index (χ3v) is 3.38. The molecule has 2 heterocycles. The average Bonchev–Trinajstić information content (AvgIpc) is 2.92. The van der Waals surface area contributed by atoms with Crippen LogP contribution in [0.4, 0.5) is 0 Å². The third kappa shape index (κ3) is 3.81. The van der Waals surface area contributed by atoms with Gasteiger partial charge in [0.05, 0.1) is 12.2 Å². The summed E-state index contributed by atoms with van der Waals surface area (Å²) in [5.41, 5.74) is 0. The predicted molar refractivity (Wildman–Crippen MR) is 69.2 cm³/mol. The van der Waals surface area contributed by atoms with E-state index in [9.17, 15) is 9.59 Å². The number of carbonyl (C=O) groups is 2. The molecule has 1 aliphatic heterocycles. The highest BCUT2D eigenvalue weighted by atomic mass is 16.2. The molecule has 1 aliphatic rings. The molecule has 1 aromatic rings. The van der Waals surface area contributed by atoms with E-state index in [1.54, 1.807) is 6.20 Å². The molecule has 0 aromatic carbocycles. The summed E-state index contributed by atoms with van der Waals surface area (Å²) in [6.45, 7) is 3.38. The second kappa shape index (κ2) is 6.36. The number of nitrogens with zero attached hydrogens (tertiary/aromatic N) is 3. The molecule has 1 aromatic heterocycles. The molecule has 19 heavy (non-hydrogen) atoms. The van der Waals surface area contributed by atoms with Gasteiger partial charge in [0.15, 0.2) is 0 Å². The van der Waals surface area contributed by atoms with Crippen molar-refractivity contribution in [1.29, 1.82) is 0 Å². The lowest BCUT2D eigenvalue weighted by Gasteiger charge is -2.32. The van der Waals surface area contributed by atoms with Crippen LogP contribution in [0.3, 0.4) is 0 Å². The van der Waals surface area contributed by atoms with E-state index < -0.39 is 0 Å². The Balaban J connectivity index is 1.73. The molecule has 0 atom stereocenters. The monoisotopic (exact) mass is 263 g/mol. The molecule has 2 amide bonds. The predicted octanol–water partition coefficient (Wildman–Crippen LogP) is 0.373. The topological polar surface area (TPSA) is 67.2 Å². The van der Waals surface area contributed by atoms with Gasteiger partial charge in [-0.3, -0.25) is 14.3 Å². The van der Waals surface area contributed by atoms with E-state index in [0.29, 0.717) is 19.0 Å². The van der Waals surface area contributed by atoms with E-state index >= 15 is 0 Å². The number of hydrogen-bond acceptors (Lipinski definition) is 3. The Hall–Kier alpha value is -1.85. The summed E-state index contributed by atoms with van der Waals surface area (Å²) in [6, 6.07) is 3.30. The van der Waals surface area contributed by atoms with Gasteiger partial charge in [0.25, 0.3) is 0 Å². The van der Waals surface area contributed by atoms with E-state index in [2.05, 4.69) is 16.5 Å². The molecule has 103 valence electrons. The fourth-order valence-corrected chi connectivity index (χ4v) is 2.33. The molecule has 0 unspecified atom stereocenters. The van der Waals surface area contributed by atoms with Crippen LogP contribution in [0.25, 0.3) is 0 Å². The van der Waals surface area contributed by atoms with Crippen LogP contribution in [0.5, 0.6) is 0 Å². The smallest absolute Gasteiger partial charge is 0.224 e. The van der Waals surface area contributed by atoms with Gasteiger partial charge in [0, 0.05) is 45.2 Å². The fraction of sp³-hybridized carbons (Fsp3) is 0.615. The minimum absolute atomic E-state index is 0.0959. The van der Waals surface area contributed by atoms with Gasteiger partial charge >= 0.3 is 0 Å². The summed E-state index contributed by atoms with van der Waals surface area (Å²) in [6.07, 6.45) is 5.71. The van der Waals surface area contributed by atoms with Gasteiger partial charge in [0.2, 0.25) is 11.8 Å². The van der Waals surface area contributed by atoms with Crippen LogP contribution < -0.4 is 5.32 Å². The fourth-order valence-electron chi connectivity index (χ4n) is 2.33. The lowest BCUT2D eigenvalue weighted by molar-refractivity contribution is -0.132. The van der Waals surface area contributed by atoms with Crippen molar-refractivity contribution in [3.8, 4) is 0 Å². The number of nitrogens with one attached hydrogen (secondary N) is 1. The first-order valence-electron chi connectivity index (χ1n) is 6.59. The number of piperidine rings is 1. The molecule has 1 fully saturated rings. The van der Waals surface area contributed by atoms with Crippen LogP contribution in [0.1, 0.15) is 32.2 Å². The van der Waals surface area contributed by atoms with Crippen LogP contribution in [0, 0.1) is 6.07 Å². The molecule has 6 nitrogen and oxygen atoms in total. The second-order valence-corrected chi connectivity index (χ2v) is 4.77. The molecule has 2 rings (SSSR count). The van der Waals surface area contributed by atoms with Crippen LogP contribution in [0.15, 0.2) is 12.4 Å². The molecule has 1 radical (unpaired) electrons. The zero-order valence-electron chi connectivity index (χ0n) is 11.1. The maximum absolute atomic E-state index is 11.9. The molecule has 1 saturated heterocycles. The minimum Gasteiger partial charge on any atom is -0.356 e. The number of rotatable bonds is 4. The number of aromatic nitrogens is 2. The van der Waals surface area contributed by atoms with E-state index in [1.807, 2.05) is 15.8 Å². The van der Waals surface area contributed by atoms with Crippen molar-refractivity contribution >= 4 is 11.8 Å². The lowest BCUT2D eigenvalue weighted by Crippen LogP contribution is -2.40. The minimum atomic E-state index is -0.0959. The van der Waals surface area contributed by atoms with Crippen molar-refractivity contribution in [1.82, 2.24) is 20.0 Å². The molecule has 0 spiro atoms. The molecule has 6 heteroatoms. The van der Waals surface area contributed by atoms with Gasteiger partial charge in [-0.1, -0.05) is 0 Å². The van der Waals surface area contributed by atoms with Gasteiger partial charge in [-0.15, -0.1) is 0 Å². The Labute approximate surface area is 112 Å². The van der Waals surface area contributed by atoms with Crippen molar-refractivity contribution in [2.75, 3.05) is 19.6 Å². The Kier molecular flexibility index (Phi) is 4.54. The van der Waals surface area contributed by atoms with Gasteiger partial charge in [-0.25, -0.2) is 0 Å². The summed E-state index contributed by atoms with van der Waals surface area (Å²) in [5.74, 6) is 0.0145. The van der Waals surface area contributed by atoms with Crippen molar-refractivity contribution in [2.24, 2.45) is 0 Å². The molecule has 0 aliphatic carbocycles. The van der Waals surface area contributed by atoms with Gasteiger partial charge in [-0.2, -0.15) is 5.10 Å². The zero-order valence-corrected chi connectivity index (χ0v) is 11.1. The Morgan fingerprint density at radius 2 is 2.16 bits per heavy atom. The summed E-state index contributed by atoms with van der Waals surface area (Å²) >= 11 is 0. The van der Waals surface area contributed by atoms with E-state index in [-0.39, 0.29) is 11.8 Å². The maximum Gasteiger partial charge on any atom is 0.224 e. The molecule has 0 bridgehead atoms. The maximum atomic E-state index is 11.9. The molecular weight excluding hydrogens is 244 g/mol. The van der Waals surface area contributed by atoms with Crippen molar-refractivity contribution in [3.05, 3.63) is 18.5 Å². The first-order chi connectivity index (χ1) is 9.16. The lowest BCUT2D eigenvalue weighted by atomic mass is 10.1. The van der Waals surface area contributed by atoms with Gasteiger partial charge in [0.1, 0.15) is 0 Å². The summed E-state index contributed by atoms with van der Waals surface area (Å²) in [4.78, 5) is 24.5. The SMILES string of the molecule is CC(=O)NCCC(=O)N1CCC(n2c[c]cn2)CC1. The van der Waals surface area contributed by atoms with Crippen LogP contribution in [-0.2, 0) is 9.59 Å². The second-order valence-electron chi connectivity index (χ2n) is 4.77. The quantitative estimate of drug-likeness (QED) is 0.853. The number of hydrogen-bond donors (Lipinski definition) is 1. The Bertz CT molecular complexity index is 422. The standard InChI is InChI=1S/C13H19N4O2/c1-11(18)14-7-3-13(19)16-9-4-12(5-10-16)17-8-2-6-15-17/h6,8,12H,3-5,7,9-10H2,1H3,(H,14,18). The van der Waals surface area contributed by atoms with Crippen molar-refractivity contribution < 1.29 is 9.59 Å². The number of likely N-dealkylation sites (tertiary alicyclic amines) is 1. The molecule has 0 saturated carbocycles. The largest absolute Gasteiger partial charge is 0.356 e. The summed E-state index contributed by atoms with van der Waals surface area (Å²) < 4.78 is 1.92. The van der Waals surface area contributed by atoms with E-state index in [0.717, 1.165) is 25.9 Å². The zero-order chi connectivity index (χ0) is 13.7. The highest BCUT2D eigenvalue weighted by Crippen LogP contribution is 2.21. The normalized spacial score (nSPS) is 16.4. The van der Waals surface area contributed by atoms with Gasteiger partial charge < -0.3 is 10.2 Å². The Morgan fingerprint density at radius 1 is 1.42 bits per heavy atom. The summed E-state index contributed by atoms with van der Waals surface area (Å²) in [7, 11) is 0.